The Morgan fingerprint density at radius 2 is 2.00 bits per heavy atom. The normalized spacial score (nSPS) is 14.2. The highest BCUT2D eigenvalue weighted by atomic mass is 32.2. The molecule has 10 heteroatoms. The van der Waals surface area contributed by atoms with E-state index < -0.39 is 15.8 Å². The van der Waals surface area contributed by atoms with Crippen molar-refractivity contribution in [2.24, 2.45) is 5.92 Å². The molecule has 1 fully saturated rings. The molecule has 162 valence electrons. The number of hydrogen-bond acceptors (Lipinski definition) is 6. The number of halogens is 1. The van der Waals surface area contributed by atoms with Gasteiger partial charge in [-0.3, -0.25) is 9.52 Å². The van der Waals surface area contributed by atoms with Crippen molar-refractivity contribution in [3.05, 3.63) is 58.0 Å². The van der Waals surface area contributed by atoms with Crippen molar-refractivity contribution >= 4 is 50.8 Å². The average molecular weight is 462 g/mol. The molecule has 31 heavy (non-hydrogen) atoms. The minimum absolute atomic E-state index is 0.0469. The van der Waals surface area contributed by atoms with Crippen molar-refractivity contribution in [2.45, 2.75) is 30.9 Å². The fourth-order valence-electron chi connectivity index (χ4n) is 2.81. The molecule has 1 aliphatic rings. The van der Waals surface area contributed by atoms with Crippen LogP contribution in [-0.4, -0.2) is 19.5 Å². The van der Waals surface area contributed by atoms with E-state index in [0.29, 0.717) is 27.6 Å². The van der Waals surface area contributed by atoms with Gasteiger partial charge in [-0.15, -0.1) is 11.3 Å². The summed E-state index contributed by atoms with van der Waals surface area (Å²) >= 11 is 1.05. The Kier molecular flexibility index (Phi) is 5.67. The Morgan fingerprint density at radius 3 is 2.71 bits per heavy atom. The van der Waals surface area contributed by atoms with Crippen LogP contribution in [0.4, 0.5) is 15.8 Å². The largest absolute Gasteiger partial charge is 0.354 e. The standard InChI is InChI=1S/C21H20FN3O4S2/c1-12-3-6-15(11-17(12)22)25-31(27,28)19-10-8-16(30-19)7-9-18-20(13(2)24-29-18)23-21(26)14-4-5-14/h3,6-11,14,25H,4-5H2,1-2H3,(H,23,26)/b9-7+. The summed E-state index contributed by atoms with van der Waals surface area (Å²) in [4.78, 5) is 12.7. The van der Waals surface area contributed by atoms with Gasteiger partial charge in [0.25, 0.3) is 10.0 Å². The van der Waals surface area contributed by atoms with Gasteiger partial charge in [-0.25, -0.2) is 12.8 Å². The highest BCUT2D eigenvalue weighted by Gasteiger charge is 2.30. The van der Waals surface area contributed by atoms with Crippen molar-refractivity contribution in [1.29, 1.82) is 0 Å². The average Bonchev–Trinajstić information content (AvgIpc) is 3.36. The lowest BCUT2D eigenvalue weighted by Crippen LogP contribution is -2.14. The highest BCUT2D eigenvalue weighted by molar-refractivity contribution is 7.94. The molecule has 0 radical (unpaired) electrons. The fourth-order valence-corrected chi connectivity index (χ4v) is 5.09. The summed E-state index contributed by atoms with van der Waals surface area (Å²) in [5.41, 5.74) is 1.67. The number of hydrogen-bond donors (Lipinski definition) is 2. The molecule has 0 unspecified atom stereocenters. The summed E-state index contributed by atoms with van der Waals surface area (Å²) in [6.45, 7) is 3.34. The maximum Gasteiger partial charge on any atom is 0.271 e. The molecule has 2 heterocycles. The molecule has 3 aromatic rings. The summed E-state index contributed by atoms with van der Waals surface area (Å²) in [6, 6.07) is 7.28. The van der Waals surface area contributed by atoms with Gasteiger partial charge in [0.15, 0.2) is 5.76 Å². The van der Waals surface area contributed by atoms with Crippen molar-refractivity contribution in [3.63, 3.8) is 0 Å². The first-order valence-corrected chi connectivity index (χ1v) is 11.9. The second kappa shape index (κ2) is 8.27. The topological polar surface area (TPSA) is 101 Å². The van der Waals surface area contributed by atoms with E-state index in [1.54, 1.807) is 32.1 Å². The van der Waals surface area contributed by atoms with Gasteiger partial charge in [0.1, 0.15) is 21.4 Å². The summed E-state index contributed by atoms with van der Waals surface area (Å²) < 4.78 is 46.7. The molecule has 0 aliphatic heterocycles. The number of carbonyl (C=O) groups excluding carboxylic acids is 1. The number of anilines is 2. The maximum absolute atomic E-state index is 13.7. The lowest BCUT2D eigenvalue weighted by Gasteiger charge is -2.07. The van der Waals surface area contributed by atoms with Gasteiger partial charge in [0.05, 0.1) is 5.69 Å². The van der Waals surface area contributed by atoms with Crippen LogP contribution in [-0.2, 0) is 14.8 Å². The predicted molar refractivity (Wildman–Crippen MR) is 118 cm³/mol. The molecule has 1 aromatic carbocycles. The van der Waals surface area contributed by atoms with E-state index >= 15 is 0 Å². The number of aromatic nitrogens is 1. The molecule has 0 saturated heterocycles. The first-order chi connectivity index (χ1) is 14.7. The Morgan fingerprint density at radius 1 is 1.23 bits per heavy atom. The van der Waals surface area contributed by atoms with Gasteiger partial charge in [-0.2, -0.15) is 0 Å². The molecule has 0 atom stereocenters. The number of rotatable bonds is 7. The van der Waals surface area contributed by atoms with Gasteiger partial charge in [0, 0.05) is 10.8 Å². The SMILES string of the molecule is Cc1ccc(NS(=O)(=O)c2ccc(/C=C/c3onc(C)c3NC(=O)C3CC3)s2)cc1F. The zero-order valence-electron chi connectivity index (χ0n) is 16.8. The molecule has 1 amide bonds. The lowest BCUT2D eigenvalue weighted by molar-refractivity contribution is -0.117. The van der Waals surface area contributed by atoms with Gasteiger partial charge in [-0.1, -0.05) is 11.2 Å². The minimum Gasteiger partial charge on any atom is -0.354 e. The summed E-state index contributed by atoms with van der Waals surface area (Å²) in [6.07, 6.45) is 5.09. The second-order valence-electron chi connectivity index (χ2n) is 7.33. The van der Waals surface area contributed by atoms with E-state index in [-0.39, 0.29) is 21.7 Å². The number of nitrogens with one attached hydrogen (secondary N) is 2. The Labute approximate surface area is 183 Å². The summed E-state index contributed by atoms with van der Waals surface area (Å²) in [5, 5.41) is 6.73. The number of carbonyl (C=O) groups is 1. The van der Waals surface area contributed by atoms with E-state index in [1.807, 2.05) is 0 Å². The highest BCUT2D eigenvalue weighted by Crippen LogP contribution is 2.32. The van der Waals surface area contributed by atoms with Crippen LogP contribution >= 0.6 is 11.3 Å². The Bertz CT molecular complexity index is 1270. The van der Waals surface area contributed by atoms with Crippen LogP contribution in [0.3, 0.4) is 0 Å². The Balaban J connectivity index is 1.49. The molecule has 1 aliphatic carbocycles. The van der Waals surface area contributed by atoms with Gasteiger partial charge in [-0.05, 0) is 68.7 Å². The van der Waals surface area contributed by atoms with Crippen LogP contribution in [0.2, 0.25) is 0 Å². The molecule has 4 rings (SSSR count). The molecule has 2 N–H and O–H groups in total. The lowest BCUT2D eigenvalue weighted by atomic mass is 10.2. The van der Waals surface area contributed by atoms with E-state index in [9.17, 15) is 17.6 Å². The predicted octanol–water partition coefficient (Wildman–Crippen LogP) is 4.81. The van der Waals surface area contributed by atoms with Crippen molar-refractivity contribution in [2.75, 3.05) is 10.0 Å². The van der Waals surface area contributed by atoms with E-state index in [0.717, 1.165) is 30.2 Å². The fraction of sp³-hybridized carbons (Fsp3) is 0.238. The molecular formula is C21H20FN3O4S2. The van der Waals surface area contributed by atoms with Gasteiger partial charge < -0.3 is 9.84 Å². The van der Waals surface area contributed by atoms with E-state index in [2.05, 4.69) is 15.2 Å². The summed E-state index contributed by atoms with van der Waals surface area (Å²) in [7, 11) is -3.85. The number of benzene rings is 1. The number of nitrogens with zero attached hydrogens (tertiary/aromatic N) is 1. The van der Waals surface area contributed by atoms with Crippen LogP contribution in [0, 0.1) is 25.6 Å². The second-order valence-corrected chi connectivity index (χ2v) is 10.4. The van der Waals surface area contributed by atoms with Crippen molar-refractivity contribution in [3.8, 4) is 0 Å². The first-order valence-electron chi connectivity index (χ1n) is 9.57. The van der Waals surface area contributed by atoms with Gasteiger partial charge >= 0.3 is 0 Å². The maximum atomic E-state index is 13.7. The monoisotopic (exact) mass is 461 g/mol. The first kappa shape index (κ1) is 21.3. The molecule has 0 spiro atoms. The molecule has 2 aromatic heterocycles. The van der Waals surface area contributed by atoms with E-state index in [4.69, 9.17) is 4.52 Å². The number of sulfonamides is 1. The zero-order chi connectivity index (χ0) is 22.2. The molecule has 7 nitrogen and oxygen atoms in total. The number of aryl methyl sites for hydroxylation is 2. The van der Waals surface area contributed by atoms with Crippen LogP contribution < -0.4 is 10.0 Å². The molecular weight excluding hydrogens is 441 g/mol. The van der Waals surface area contributed by atoms with Crippen LogP contribution in [0.5, 0.6) is 0 Å². The summed E-state index contributed by atoms with van der Waals surface area (Å²) in [5.74, 6) is -0.103. The van der Waals surface area contributed by atoms with Crippen LogP contribution in [0.25, 0.3) is 12.2 Å². The van der Waals surface area contributed by atoms with Crippen molar-refractivity contribution in [1.82, 2.24) is 5.16 Å². The Hall–Kier alpha value is -2.98. The third kappa shape index (κ3) is 4.86. The number of amides is 1. The van der Waals surface area contributed by atoms with Crippen LogP contribution in [0.1, 0.15) is 34.7 Å². The van der Waals surface area contributed by atoms with Gasteiger partial charge in [0.2, 0.25) is 5.91 Å². The third-order valence-corrected chi connectivity index (χ3v) is 7.70. The van der Waals surface area contributed by atoms with Crippen molar-refractivity contribution < 1.29 is 22.1 Å². The number of thiophene rings is 1. The minimum atomic E-state index is -3.85. The smallest absolute Gasteiger partial charge is 0.271 e. The van der Waals surface area contributed by atoms with E-state index in [1.165, 1.54) is 18.2 Å². The third-order valence-electron chi connectivity index (χ3n) is 4.78. The molecule has 1 saturated carbocycles. The quantitative estimate of drug-likeness (QED) is 0.526. The van der Waals surface area contributed by atoms with Crippen LogP contribution in [0.15, 0.2) is 39.1 Å². The molecule has 0 bridgehead atoms. The zero-order valence-corrected chi connectivity index (χ0v) is 18.4.